The first-order chi connectivity index (χ1) is 8.60. The van der Waals surface area contributed by atoms with Gasteiger partial charge in [-0.2, -0.15) is 0 Å². The van der Waals surface area contributed by atoms with Gasteiger partial charge in [0.2, 0.25) is 0 Å². The van der Waals surface area contributed by atoms with E-state index in [2.05, 4.69) is 4.74 Å². The van der Waals surface area contributed by atoms with Crippen LogP contribution in [-0.4, -0.2) is 18.2 Å². The van der Waals surface area contributed by atoms with Gasteiger partial charge in [-0.15, -0.1) is 0 Å². The number of phenolic OH excluding ortho intramolecular Hbond substituents is 1. The summed E-state index contributed by atoms with van der Waals surface area (Å²) >= 11 is 0. The number of fused-ring (bicyclic) bond motifs is 1. The summed E-state index contributed by atoms with van der Waals surface area (Å²) in [4.78, 5) is 11.2. The minimum Gasteiger partial charge on any atom is -0.508 e. The van der Waals surface area contributed by atoms with E-state index < -0.39 is 0 Å². The molecule has 4 heteroatoms. The second-order valence-corrected chi connectivity index (χ2v) is 4.18. The fourth-order valence-electron chi connectivity index (χ4n) is 1.86. The van der Waals surface area contributed by atoms with E-state index in [1.807, 2.05) is 24.3 Å². The lowest BCUT2D eigenvalue weighted by molar-refractivity contribution is -0.141. The van der Waals surface area contributed by atoms with Gasteiger partial charge in [0.15, 0.2) is 0 Å². The van der Waals surface area contributed by atoms with E-state index in [4.69, 9.17) is 5.73 Å². The Hall–Kier alpha value is -2.07. The Labute approximate surface area is 105 Å². The maximum atomic E-state index is 11.2. The maximum Gasteiger partial charge on any atom is 0.307 e. The van der Waals surface area contributed by atoms with Crippen molar-refractivity contribution in [3.8, 4) is 5.75 Å². The summed E-state index contributed by atoms with van der Waals surface area (Å²) in [6.45, 7) is 0. The second-order valence-electron chi connectivity index (χ2n) is 4.18. The van der Waals surface area contributed by atoms with E-state index in [0.29, 0.717) is 0 Å². The zero-order valence-electron chi connectivity index (χ0n) is 10.1. The van der Waals surface area contributed by atoms with Gasteiger partial charge in [0.1, 0.15) is 5.75 Å². The molecular weight excluding hydrogens is 230 g/mol. The molecule has 0 heterocycles. The fourth-order valence-corrected chi connectivity index (χ4v) is 1.86. The molecule has 0 unspecified atom stereocenters. The Balaban J connectivity index is 2.29. The van der Waals surface area contributed by atoms with Crippen LogP contribution in [0.4, 0.5) is 0 Å². The zero-order valence-corrected chi connectivity index (χ0v) is 10.1. The first-order valence-electron chi connectivity index (χ1n) is 5.65. The minimum absolute atomic E-state index is 0.153. The van der Waals surface area contributed by atoms with E-state index in [1.165, 1.54) is 7.11 Å². The number of ether oxygens (including phenoxy) is 1. The normalized spacial score (nSPS) is 12.3. The Kier molecular flexibility index (Phi) is 3.48. The number of esters is 1. The molecule has 94 valence electrons. The number of aromatic hydroxyl groups is 1. The summed E-state index contributed by atoms with van der Waals surface area (Å²) in [5.41, 5.74) is 6.82. The molecule has 0 aliphatic heterocycles. The van der Waals surface area contributed by atoms with Crippen molar-refractivity contribution in [1.29, 1.82) is 0 Å². The molecule has 0 saturated carbocycles. The molecule has 0 aliphatic rings. The number of hydrogen-bond acceptors (Lipinski definition) is 4. The Bertz CT molecular complexity index is 580. The molecule has 0 fully saturated rings. The summed E-state index contributed by atoms with van der Waals surface area (Å²) < 4.78 is 4.59. The number of carbonyl (C=O) groups is 1. The van der Waals surface area contributed by atoms with E-state index in [-0.39, 0.29) is 24.2 Å². The summed E-state index contributed by atoms with van der Waals surface area (Å²) in [6.07, 6.45) is 0.153. The van der Waals surface area contributed by atoms with E-state index in [9.17, 15) is 9.90 Å². The number of phenols is 1. The standard InChI is InChI=1S/C14H15NO3/c1-18-14(17)8-13(15)11-3-2-10-7-12(16)5-4-9(10)6-11/h2-7,13,16H,8,15H2,1H3/t13-/m0/s1. The van der Waals surface area contributed by atoms with Crippen molar-refractivity contribution in [2.24, 2.45) is 5.73 Å². The number of hydrogen-bond donors (Lipinski definition) is 2. The van der Waals surface area contributed by atoms with Gasteiger partial charge in [0.05, 0.1) is 13.5 Å². The zero-order chi connectivity index (χ0) is 13.1. The van der Waals surface area contributed by atoms with Gasteiger partial charge in [-0.25, -0.2) is 0 Å². The summed E-state index contributed by atoms with van der Waals surface area (Å²) in [7, 11) is 1.35. The van der Waals surface area contributed by atoms with Gasteiger partial charge in [0, 0.05) is 6.04 Å². The smallest absolute Gasteiger partial charge is 0.307 e. The van der Waals surface area contributed by atoms with Gasteiger partial charge in [-0.3, -0.25) is 4.79 Å². The van der Waals surface area contributed by atoms with E-state index in [1.54, 1.807) is 12.1 Å². The molecule has 3 N–H and O–H groups in total. The molecule has 2 rings (SSSR count). The first kappa shape index (κ1) is 12.4. The summed E-state index contributed by atoms with van der Waals surface area (Å²) in [5.74, 6) is -0.0950. The highest BCUT2D eigenvalue weighted by atomic mass is 16.5. The van der Waals surface area contributed by atoms with Crippen LogP contribution in [0.1, 0.15) is 18.0 Å². The van der Waals surface area contributed by atoms with Crippen LogP contribution >= 0.6 is 0 Å². The maximum absolute atomic E-state index is 11.2. The van der Waals surface area contributed by atoms with Crippen molar-refractivity contribution in [3.05, 3.63) is 42.0 Å². The van der Waals surface area contributed by atoms with Crippen LogP contribution in [0.5, 0.6) is 5.75 Å². The van der Waals surface area contributed by atoms with Crippen molar-refractivity contribution >= 4 is 16.7 Å². The van der Waals surface area contributed by atoms with E-state index in [0.717, 1.165) is 16.3 Å². The second kappa shape index (κ2) is 5.06. The van der Waals surface area contributed by atoms with Crippen LogP contribution in [0, 0.1) is 0 Å². The first-order valence-corrected chi connectivity index (χ1v) is 5.65. The molecule has 18 heavy (non-hydrogen) atoms. The molecule has 0 saturated heterocycles. The predicted molar refractivity (Wildman–Crippen MR) is 69.2 cm³/mol. The molecule has 0 aliphatic carbocycles. The predicted octanol–water partition coefficient (Wildman–Crippen LogP) is 2.11. The summed E-state index contributed by atoms with van der Waals surface area (Å²) in [6, 6.07) is 10.4. The average molecular weight is 245 g/mol. The SMILES string of the molecule is COC(=O)C[C@H](N)c1ccc2cc(O)ccc2c1. The number of rotatable bonds is 3. The van der Waals surface area contributed by atoms with Gasteiger partial charge in [0.25, 0.3) is 0 Å². The van der Waals surface area contributed by atoms with Gasteiger partial charge in [-0.1, -0.05) is 18.2 Å². The lowest BCUT2D eigenvalue weighted by Crippen LogP contribution is -2.16. The topological polar surface area (TPSA) is 72.5 Å². The third-order valence-electron chi connectivity index (χ3n) is 2.89. The molecule has 1 atom stereocenters. The van der Waals surface area contributed by atoms with Crippen molar-refractivity contribution in [2.45, 2.75) is 12.5 Å². The molecule has 0 spiro atoms. The fraction of sp³-hybridized carbons (Fsp3) is 0.214. The van der Waals surface area contributed by atoms with Crippen molar-refractivity contribution in [2.75, 3.05) is 7.11 Å². The minimum atomic E-state index is -0.379. The molecule has 0 bridgehead atoms. The van der Waals surface area contributed by atoms with Gasteiger partial charge >= 0.3 is 5.97 Å². The molecule has 2 aromatic rings. The third kappa shape index (κ3) is 2.60. The summed E-state index contributed by atoms with van der Waals surface area (Å²) in [5, 5.41) is 11.3. The molecule has 0 radical (unpaired) electrons. The van der Waals surface area contributed by atoms with Gasteiger partial charge in [-0.05, 0) is 34.5 Å². The Morgan fingerprint density at radius 3 is 2.67 bits per heavy atom. The van der Waals surface area contributed by atoms with Gasteiger partial charge < -0.3 is 15.6 Å². The van der Waals surface area contributed by atoms with Crippen molar-refractivity contribution in [3.63, 3.8) is 0 Å². The highest BCUT2D eigenvalue weighted by molar-refractivity contribution is 5.84. The van der Waals surface area contributed by atoms with Crippen LogP contribution in [0.3, 0.4) is 0 Å². The van der Waals surface area contributed by atoms with Crippen LogP contribution in [0.15, 0.2) is 36.4 Å². The third-order valence-corrected chi connectivity index (χ3v) is 2.89. The Morgan fingerprint density at radius 1 is 1.28 bits per heavy atom. The largest absolute Gasteiger partial charge is 0.508 e. The highest BCUT2D eigenvalue weighted by Gasteiger charge is 2.12. The van der Waals surface area contributed by atoms with Crippen LogP contribution < -0.4 is 5.73 Å². The monoisotopic (exact) mass is 245 g/mol. The Morgan fingerprint density at radius 2 is 1.94 bits per heavy atom. The number of nitrogens with two attached hydrogens (primary N) is 1. The molecule has 0 amide bonds. The van der Waals surface area contributed by atoms with Crippen molar-refractivity contribution in [1.82, 2.24) is 0 Å². The molecule has 2 aromatic carbocycles. The molecule has 0 aromatic heterocycles. The lowest BCUT2D eigenvalue weighted by Gasteiger charge is -2.11. The number of carbonyl (C=O) groups excluding carboxylic acids is 1. The highest BCUT2D eigenvalue weighted by Crippen LogP contribution is 2.24. The average Bonchev–Trinajstić information content (AvgIpc) is 2.37. The lowest BCUT2D eigenvalue weighted by atomic mass is 10.0. The van der Waals surface area contributed by atoms with Crippen LogP contribution in [0.2, 0.25) is 0 Å². The van der Waals surface area contributed by atoms with Crippen LogP contribution in [0.25, 0.3) is 10.8 Å². The van der Waals surface area contributed by atoms with Crippen molar-refractivity contribution < 1.29 is 14.6 Å². The van der Waals surface area contributed by atoms with Crippen LogP contribution in [-0.2, 0) is 9.53 Å². The number of methoxy groups -OCH3 is 1. The number of benzene rings is 2. The molecular formula is C14H15NO3. The molecule has 4 nitrogen and oxygen atoms in total. The van der Waals surface area contributed by atoms with E-state index >= 15 is 0 Å². The quantitative estimate of drug-likeness (QED) is 0.812.